The molecule has 4 rings (SSSR count). The first kappa shape index (κ1) is 15.0. The van der Waals surface area contributed by atoms with Crippen LogP contribution in [0.5, 0.6) is 0 Å². The Morgan fingerprint density at radius 3 is 2.71 bits per heavy atom. The van der Waals surface area contributed by atoms with Crippen LogP contribution in [0.3, 0.4) is 0 Å². The van der Waals surface area contributed by atoms with Crippen LogP contribution in [0.4, 0.5) is 16.0 Å². The molecule has 0 bridgehead atoms. The Hall–Kier alpha value is -2.57. The number of halogens is 2. The minimum Gasteiger partial charge on any atom is -0.324 e. The van der Waals surface area contributed by atoms with E-state index in [0.717, 1.165) is 10.2 Å². The van der Waals surface area contributed by atoms with Crippen LogP contribution in [0, 0.1) is 5.82 Å². The molecule has 4 aromatic rings. The molecule has 0 aliphatic rings. The lowest BCUT2D eigenvalue weighted by molar-refractivity contribution is 0.631. The fourth-order valence-corrected chi connectivity index (χ4v) is 3.69. The van der Waals surface area contributed by atoms with Gasteiger partial charge in [0.1, 0.15) is 16.6 Å². The lowest BCUT2D eigenvalue weighted by atomic mass is 10.2. The highest BCUT2D eigenvalue weighted by Gasteiger charge is 2.16. The van der Waals surface area contributed by atoms with Crippen LogP contribution in [0.25, 0.3) is 20.8 Å². The molecule has 0 amide bonds. The van der Waals surface area contributed by atoms with E-state index in [0.29, 0.717) is 27.2 Å². The van der Waals surface area contributed by atoms with Crippen molar-refractivity contribution >= 4 is 44.8 Å². The first-order valence-electron chi connectivity index (χ1n) is 7.10. The summed E-state index contributed by atoms with van der Waals surface area (Å²) in [4.78, 5) is 13.1. The van der Waals surface area contributed by atoms with Gasteiger partial charge in [0.25, 0.3) is 0 Å². The van der Waals surface area contributed by atoms with E-state index in [1.165, 1.54) is 17.4 Å². The highest BCUT2D eigenvalue weighted by atomic mass is 35.5. The summed E-state index contributed by atoms with van der Waals surface area (Å²) in [5.74, 6) is 0.910. The van der Waals surface area contributed by atoms with Gasteiger partial charge in [-0.1, -0.05) is 23.7 Å². The molecule has 7 heteroatoms. The maximum atomic E-state index is 14.2. The van der Waals surface area contributed by atoms with Crippen molar-refractivity contribution in [1.82, 2.24) is 15.0 Å². The van der Waals surface area contributed by atoms with Crippen molar-refractivity contribution in [1.29, 1.82) is 0 Å². The Bertz CT molecular complexity index is 999. The SMILES string of the molecule is Fc1cccc(Cl)c1-c1nc2ccnc(Nc3ccccn3)c2s1. The van der Waals surface area contributed by atoms with Gasteiger partial charge in [0.2, 0.25) is 0 Å². The van der Waals surface area contributed by atoms with Crippen LogP contribution in [0.15, 0.2) is 54.9 Å². The third kappa shape index (κ3) is 2.70. The standard InChI is InChI=1S/C17H10ClFN4S/c18-10-4-3-5-11(19)14(10)17-22-12-7-9-21-16(15(12)24-17)23-13-6-1-2-8-20-13/h1-9H,(H,20,21,23). The number of pyridine rings is 2. The number of fused-ring (bicyclic) bond motifs is 1. The first-order valence-corrected chi connectivity index (χ1v) is 8.30. The summed E-state index contributed by atoms with van der Waals surface area (Å²) in [5, 5.41) is 4.02. The zero-order valence-electron chi connectivity index (χ0n) is 12.2. The molecule has 0 unspecified atom stereocenters. The lowest BCUT2D eigenvalue weighted by Crippen LogP contribution is -1.94. The molecular weight excluding hydrogens is 347 g/mol. The lowest BCUT2D eigenvalue weighted by Gasteiger charge is -2.04. The molecule has 0 radical (unpaired) electrons. The summed E-state index contributed by atoms with van der Waals surface area (Å²) in [6, 6.07) is 11.9. The van der Waals surface area contributed by atoms with Gasteiger partial charge < -0.3 is 5.32 Å². The van der Waals surface area contributed by atoms with Crippen molar-refractivity contribution in [3.8, 4) is 10.6 Å². The van der Waals surface area contributed by atoms with Crippen molar-refractivity contribution in [2.75, 3.05) is 5.32 Å². The van der Waals surface area contributed by atoms with Crippen LogP contribution >= 0.6 is 22.9 Å². The van der Waals surface area contributed by atoms with E-state index >= 15 is 0 Å². The van der Waals surface area contributed by atoms with Gasteiger partial charge in [-0.25, -0.2) is 19.3 Å². The zero-order valence-corrected chi connectivity index (χ0v) is 13.8. The number of aromatic nitrogens is 3. The highest BCUT2D eigenvalue weighted by Crippen LogP contribution is 2.38. The van der Waals surface area contributed by atoms with Crippen LogP contribution in [-0.4, -0.2) is 15.0 Å². The second kappa shape index (κ2) is 6.14. The van der Waals surface area contributed by atoms with Crippen molar-refractivity contribution in [3.63, 3.8) is 0 Å². The number of rotatable bonds is 3. The normalized spacial score (nSPS) is 10.9. The molecule has 3 aromatic heterocycles. The first-order chi connectivity index (χ1) is 11.7. The third-order valence-corrected chi connectivity index (χ3v) is 4.80. The predicted octanol–water partition coefficient (Wildman–Crippen LogP) is 5.29. The van der Waals surface area contributed by atoms with E-state index in [1.54, 1.807) is 30.6 Å². The van der Waals surface area contributed by atoms with E-state index in [4.69, 9.17) is 11.6 Å². The number of nitrogens with one attached hydrogen (secondary N) is 1. The Labute approximate surface area is 146 Å². The van der Waals surface area contributed by atoms with Gasteiger partial charge in [-0.2, -0.15) is 0 Å². The minimum atomic E-state index is -0.395. The average Bonchev–Trinajstić information content (AvgIpc) is 3.00. The molecule has 1 aromatic carbocycles. The maximum absolute atomic E-state index is 14.2. The number of benzene rings is 1. The summed E-state index contributed by atoms with van der Waals surface area (Å²) in [5.41, 5.74) is 1.03. The predicted molar refractivity (Wildman–Crippen MR) is 95.3 cm³/mol. The number of hydrogen-bond donors (Lipinski definition) is 1. The van der Waals surface area contributed by atoms with E-state index in [2.05, 4.69) is 20.3 Å². The molecule has 1 N–H and O–H groups in total. The number of thiazole rings is 1. The van der Waals surface area contributed by atoms with Crippen molar-refractivity contribution < 1.29 is 4.39 Å². The zero-order chi connectivity index (χ0) is 16.5. The van der Waals surface area contributed by atoms with Crippen LogP contribution in [0.2, 0.25) is 5.02 Å². The fraction of sp³-hybridized carbons (Fsp3) is 0. The van der Waals surface area contributed by atoms with E-state index in [1.807, 2.05) is 18.2 Å². The monoisotopic (exact) mass is 356 g/mol. The van der Waals surface area contributed by atoms with Crippen molar-refractivity contribution in [2.24, 2.45) is 0 Å². The van der Waals surface area contributed by atoms with Crippen molar-refractivity contribution in [2.45, 2.75) is 0 Å². The molecule has 0 fully saturated rings. The molecular formula is C17H10ClFN4S. The van der Waals surface area contributed by atoms with Gasteiger partial charge >= 0.3 is 0 Å². The smallest absolute Gasteiger partial charge is 0.151 e. The Balaban J connectivity index is 1.83. The number of hydrogen-bond acceptors (Lipinski definition) is 5. The quantitative estimate of drug-likeness (QED) is 0.542. The summed E-state index contributed by atoms with van der Waals surface area (Å²) in [7, 11) is 0. The summed E-state index contributed by atoms with van der Waals surface area (Å²) in [6.07, 6.45) is 3.35. The molecule has 4 nitrogen and oxygen atoms in total. The van der Waals surface area contributed by atoms with E-state index < -0.39 is 5.82 Å². The molecule has 0 saturated carbocycles. The highest BCUT2D eigenvalue weighted by molar-refractivity contribution is 7.22. The maximum Gasteiger partial charge on any atom is 0.151 e. The molecule has 0 saturated heterocycles. The second-order valence-corrected chi connectivity index (χ2v) is 6.37. The molecule has 118 valence electrons. The minimum absolute atomic E-state index is 0.309. The van der Waals surface area contributed by atoms with Gasteiger partial charge in [-0.15, -0.1) is 11.3 Å². The van der Waals surface area contributed by atoms with Gasteiger partial charge in [0.15, 0.2) is 5.82 Å². The van der Waals surface area contributed by atoms with Crippen molar-refractivity contribution in [3.05, 3.63) is 65.7 Å². The molecule has 0 spiro atoms. The molecule has 3 heterocycles. The fourth-order valence-electron chi connectivity index (χ4n) is 2.31. The second-order valence-electron chi connectivity index (χ2n) is 4.96. The largest absolute Gasteiger partial charge is 0.324 e. The molecule has 24 heavy (non-hydrogen) atoms. The van der Waals surface area contributed by atoms with Crippen LogP contribution in [0.1, 0.15) is 0 Å². The van der Waals surface area contributed by atoms with E-state index in [-0.39, 0.29) is 0 Å². The van der Waals surface area contributed by atoms with E-state index in [9.17, 15) is 4.39 Å². The average molecular weight is 357 g/mol. The van der Waals surface area contributed by atoms with Gasteiger partial charge in [-0.3, -0.25) is 0 Å². The molecule has 0 aliphatic heterocycles. The Morgan fingerprint density at radius 2 is 1.92 bits per heavy atom. The Morgan fingerprint density at radius 1 is 1.00 bits per heavy atom. The van der Waals surface area contributed by atoms with Gasteiger partial charge in [0, 0.05) is 12.4 Å². The molecule has 0 aliphatic carbocycles. The summed E-state index contributed by atoms with van der Waals surface area (Å²) in [6.45, 7) is 0. The summed E-state index contributed by atoms with van der Waals surface area (Å²) < 4.78 is 15.0. The van der Waals surface area contributed by atoms with Gasteiger partial charge in [0.05, 0.1) is 20.8 Å². The van der Waals surface area contributed by atoms with Crippen LogP contribution < -0.4 is 5.32 Å². The summed E-state index contributed by atoms with van der Waals surface area (Å²) >= 11 is 7.48. The molecule has 0 atom stereocenters. The Kier molecular flexibility index (Phi) is 3.84. The number of anilines is 2. The van der Waals surface area contributed by atoms with Gasteiger partial charge in [-0.05, 0) is 30.3 Å². The topological polar surface area (TPSA) is 50.7 Å². The third-order valence-electron chi connectivity index (χ3n) is 3.39. The number of nitrogens with zero attached hydrogens (tertiary/aromatic N) is 3. The van der Waals surface area contributed by atoms with Crippen LogP contribution in [-0.2, 0) is 0 Å².